The van der Waals surface area contributed by atoms with Gasteiger partial charge in [0.15, 0.2) is 11.9 Å². The molecule has 0 unspecified atom stereocenters. The molecule has 1 aliphatic carbocycles. The van der Waals surface area contributed by atoms with Gasteiger partial charge < -0.3 is 71.6 Å². The molecule has 63 heavy (non-hydrogen) atoms. The third kappa shape index (κ3) is 19.2. The van der Waals surface area contributed by atoms with Gasteiger partial charge in [0.2, 0.25) is 53.2 Å². The summed E-state index contributed by atoms with van der Waals surface area (Å²) in [6, 6.07) is -8.10. The molecule has 3 fully saturated rings. The van der Waals surface area contributed by atoms with Crippen molar-refractivity contribution in [1.82, 2.24) is 37.2 Å². The standard InChI is InChI=1S/C37H63N15O9S2/c38-27(53)12-10-23(33(59)50-24(16-19-6-2-1-3-7-19)34(60)52-26-18-63-62-17-25(29(39)55)51-35(26)61)49-31(57)21(9-5-15-45-37(42)43)47-30(56)20(8-4-14-44-36(40)41)48-32(58)22-11-13-28(54)46-22/h19-26H,1-18H2,(H2,38,53)(H2,39,55)(H,46,54)(H,47,56)(H,48,58)(H,49,57)(H,50,59)(H,51,61)(H,52,60)(H4,40,41,44)(H4,42,43,45)/t20-,21-,22+,23+,24+,25+,26+/m1/s1. The van der Waals surface area contributed by atoms with Gasteiger partial charge in [-0.3, -0.25) is 53.1 Å². The van der Waals surface area contributed by atoms with E-state index in [4.69, 9.17) is 34.4 Å². The van der Waals surface area contributed by atoms with E-state index in [0.29, 0.717) is 0 Å². The molecule has 9 amide bonds. The molecule has 0 spiro atoms. The summed E-state index contributed by atoms with van der Waals surface area (Å²) >= 11 is 0. The Balaban J connectivity index is 1.86. The van der Waals surface area contributed by atoms with E-state index in [1.54, 1.807) is 0 Å². The number of primary amides is 2. The van der Waals surface area contributed by atoms with Crippen molar-refractivity contribution in [1.29, 1.82) is 0 Å². The molecule has 2 heterocycles. The first-order chi connectivity index (χ1) is 29.9. The van der Waals surface area contributed by atoms with Crippen molar-refractivity contribution in [2.75, 3.05) is 24.6 Å². The Morgan fingerprint density at radius 3 is 1.70 bits per heavy atom. The molecule has 26 heteroatoms. The van der Waals surface area contributed by atoms with E-state index in [1.165, 1.54) is 21.6 Å². The van der Waals surface area contributed by atoms with Gasteiger partial charge in [-0.2, -0.15) is 0 Å². The van der Waals surface area contributed by atoms with E-state index in [-0.39, 0.29) is 106 Å². The largest absolute Gasteiger partial charge is 0.370 e. The lowest BCUT2D eigenvalue weighted by Crippen LogP contribution is -2.60. The number of hydrogen-bond donors (Lipinski definition) is 13. The zero-order valence-corrected chi connectivity index (χ0v) is 36.8. The summed E-state index contributed by atoms with van der Waals surface area (Å²) in [5.74, 6) is -6.16. The van der Waals surface area contributed by atoms with Gasteiger partial charge in [-0.15, -0.1) is 0 Å². The lowest BCUT2D eigenvalue weighted by Gasteiger charge is -2.30. The SMILES string of the molecule is NC(=O)CC[C@H](NC(=O)[C@@H](CCCN=C(N)N)NC(=O)[C@@H](CCCN=C(N)N)NC(=O)[C@@H]1CCC(=O)N1)C(=O)N[C@@H](CC1CCCCC1)C(=O)N[C@H]1CSSC[C@@H](C(N)=O)NC1=O. The van der Waals surface area contributed by atoms with Gasteiger partial charge in [-0.05, 0) is 50.9 Å². The predicted octanol–water partition coefficient (Wildman–Crippen LogP) is -4.60. The normalized spacial score (nSPS) is 20.9. The molecule has 1 saturated carbocycles. The van der Waals surface area contributed by atoms with E-state index in [1.807, 2.05) is 0 Å². The fourth-order valence-electron chi connectivity index (χ4n) is 7.14. The first-order valence-electron chi connectivity index (χ1n) is 21.0. The fourth-order valence-corrected chi connectivity index (χ4v) is 9.48. The molecular weight excluding hydrogens is 863 g/mol. The molecule has 7 atom stereocenters. The van der Waals surface area contributed by atoms with Crippen LogP contribution in [0.1, 0.15) is 89.9 Å². The second-order valence-corrected chi connectivity index (χ2v) is 18.2. The molecule has 24 nitrogen and oxygen atoms in total. The van der Waals surface area contributed by atoms with Crippen LogP contribution in [0.5, 0.6) is 0 Å². The topological polar surface area (TPSA) is 419 Å². The summed E-state index contributed by atoms with van der Waals surface area (Å²) in [5.41, 5.74) is 32.7. The van der Waals surface area contributed by atoms with E-state index in [0.717, 1.165) is 32.1 Å². The highest BCUT2D eigenvalue weighted by Gasteiger charge is 2.36. The Morgan fingerprint density at radius 1 is 0.635 bits per heavy atom. The number of nitrogens with one attached hydrogen (secondary N) is 7. The van der Waals surface area contributed by atoms with Crippen molar-refractivity contribution in [3.63, 3.8) is 0 Å². The van der Waals surface area contributed by atoms with Crippen molar-refractivity contribution < 1.29 is 43.2 Å². The van der Waals surface area contributed by atoms with Crippen LogP contribution >= 0.6 is 21.6 Å². The molecular formula is C37H63N15O9S2. The first-order valence-corrected chi connectivity index (χ1v) is 23.5. The van der Waals surface area contributed by atoms with Crippen LogP contribution in [-0.4, -0.2) is 132 Å². The van der Waals surface area contributed by atoms with E-state index >= 15 is 0 Å². The number of nitrogens with zero attached hydrogens (tertiary/aromatic N) is 2. The number of carbonyl (C=O) groups is 9. The van der Waals surface area contributed by atoms with Crippen LogP contribution < -0.4 is 71.6 Å². The van der Waals surface area contributed by atoms with E-state index in [2.05, 4.69) is 47.2 Å². The van der Waals surface area contributed by atoms with Crippen LogP contribution in [0.3, 0.4) is 0 Å². The highest BCUT2D eigenvalue weighted by Crippen LogP contribution is 2.28. The van der Waals surface area contributed by atoms with Crippen molar-refractivity contribution in [2.24, 2.45) is 50.3 Å². The Hall–Kier alpha value is -5.53. The van der Waals surface area contributed by atoms with Crippen LogP contribution in [0.25, 0.3) is 0 Å². The minimum atomic E-state index is -1.45. The van der Waals surface area contributed by atoms with Crippen LogP contribution in [0, 0.1) is 5.92 Å². The van der Waals surface area contributed by atoms with E-state index in [9.17, 15) is 43.2 Å². The Labute approximate surface area is 373 Å². The molecule has 2 saturated heterocycles. The van der Waals surface area contributed by atoms with Crippen LogP contribution in [-0.2, 0) is 43.2 Å². The molecule has 0 aromatic rings. The molecule has 3 aliphatic rings. The minimum Gasteiger partial charge on any atom is -0.370 e. The van der Waals surface area contributed by atoms with Crippen molar-refractivity contribution in [3.8, 4) is 0 Å². The van der Waals surface area contributed by atoms with Gasteiger partial charge >= 0.3 is 0 Å². The zero-order chi connectivity index (χ0) is 46.5. The van der Waals surface area contributed by atoms with Gasteiger partial charge in [-0.25, -0.2) is 0 Å². The third-order valence-electron chi connectivity index (χ3n) is 10.6. The highest BCUT2D eigenvalue weighted by molar-refractivity contribution is 8.76. The molecule has 352 valence electrons. The molecule has 0 radical (unpaired) electrons. The number of rotatable bonds is 24. The lowest BCUT2D eigenvalue weighted by molar-refractivity contribution is -0.136. The summed E-state index contributed by atoms with van der Waals surface area (Å²) < 4.78 is 0. The van der Waals surface area contributed by atoms with E-state index < -0.39 is 89.6 Å². The maximum atomic E-state index is 14.1. The quantitative estimate of drug-likeness (QED) is 0.0188. The summed E-state index contributed by atoms with van der Waals surface area (Å²) in [5, 5.41) is 18.4. The average molecular weight is 926 g/mol. The third-order valence-corrected chi connectivity index (χ3v) is 13.0. The Bertz CT molecular complexity index is 1710. The Kier molecular flexibility index (Phi) is 22.1. The number of hydrogen-bond acceptors (Lipinski definition) is 13. The van der Waals surface area contributed by atoms with Crippen molar-refractivity contribution in [3.05, 3.63) is 0 Å². The van der Waals surface area contributed by atoms with Crippen LogP contribution in [0.4, 0.5) is 0 Å². The average Bonchev–Trinajstić information content (AvgIpc) is 3.67. The number of nitrogens with two attached hydrogens (primary N) is 6. The second kappa shape index (κ2) is 26.8. The van der Waals surface area contributed by atoms with Crippen molar-refractivity contribution in [2.45, 2.75) is 132 Å². The molecule has 0 aromatic carbocycles. The van der Waals surface area contributed by atoms with Gasteiger partial charge in [0, 0.05) is 37.4 Å². The van der Waals surface area contributed by atoms with Gasteiger partial charge in [0.25, 0.3) is 0 Å². The number of carbonyl (C=O) groups excluding carboxylic acids is 9. The monoisotopic (exact) mass is 925 g/mol. The molecule has 0 bridgehead atoms. The Morgan fingerprint density at radius 2 is 1.17 bits per heavy atom. The molecule has 0 aromatic heterocycles. The lowest BCUT2D eigenvalue weighted by atomic mass is 9.84. The molecule has 19 N–H and O–H groups in total. The summed E-state index contributed by atoms with van der Waals surface area (Å²) in [6.45, 7) is 0.174. The first kappa shape index (κ1) is 51.8. The number of aliphatic imine (C=N–C) groups is 2. The smallest absolute Gasteiger partial charge is 0.244 e. The second-order valence-electron chi connectivity index (χ2n) is 15.6. The summed E-state index contributed by atoms with van der Waals surface area (Å²) in [4.78, 5) is 126. The highest BCUT2D eigenvalue weighted by atomic mass is 33.1. The van der Waals surface area contributed by atoms with Gasteiger partial charge in [0.1, 0.15) is 42.3 Å². The number of amides is 9. The summed E-state index contributed by atoms with van der Waals surface area (Å²) in [7, 11) is 2.58. The predicted molar refractivity (Wildman–Crippen MR) is 236 cm³/mol. The maximum absolute atomic E-state index is 14.1. The maximum Gasteiger partial charge on any atom is 0.244 e. The van der Waals surface area contributed by atoms with Crippen molar-refractivity contribution >= 4 is 86.7 Å². The molecule has 3 rings (SSSR count). The fraction of sp³-hybridized carbons (Fsp3) is 0.703. The zero-order valence-electron chi connectivity index (χ0n) is 35.2. The minimum absolute atomic E-state index is 0.0250. The van der Waals surface area contributed by atoms with Crippen LogP contribution in [0.15, 0.2) is 9.98 Å². The summed E-state index contributed by atoms with van der Waals surface area (Å²) in [6.07, 6.45) is 4.73. The number of guanidine groups is 2. The van der Waals surface area contributed by atoms with Crippen LogP contribution in [0.2, 0.25) is 0 Å². The van der Waals surface area contributed by atoms with Gasteiger partial charge in [-0.1, -0.05) is 53.7 Å². The molecule has 2 aliphatic heterocycles. The van der Waals surface area contributed by atoms with Gasteiger partial charge in [0.05, 0.1) is 0 Å².